The van der Waals surface area contributed by atoms with Crippen LogP contribution in [0.3, 0.4) is 0 Å². The zero-order valence-electron chi connectivity index (χ0n) is 8.82. The Kier molecular flexibility index (Phi) is 3.11. The lowest BCUT2D eigenvalue weighted by molar-refractivity contribution is 0.124. The van der Waals surface area contributed by atoms with Crippen LogP contribution in [0.25, 0.3) is 0 Å². The lowest BCUT2D eigenvalue weighted by atomic mass is 9.93. The van der Waals surface area contributed by atoms with Gasteiger partial charge in [-0.2, -0.15) is 0 Å². The average Bonchev–Trinajstić information content (AvgIpc) is 2.22. The molecule has 3 nitrogen and oxygen atoms in total. The van der Waals surface area contributed by atoms with Crippen molar-refractivity contribution in [1.82, 2.24) is 0 Å². The van der Waals surface area contributed by atoms with Crippen LogP contribution >= 0.6 is 0 Å². The smallest absolute Gasteiger partial charge is 0.0576 e. The normalized spacial score (nSPS) is 26.2. The lowest BCUT2D eigenvalue weighted by Gasteiger charge is -2.27. The van der Waals surface area contributed by atoms with Crippen molar-refractivity contribution in [2.45, 2.75) is 37.8 Å². The second-order valence-corrected chi connectivity index (χ2v) is 4.25. The average molecular weight is 206 g/mol. The molecule has 0 bridgehead atoms. The standard InChI is InChI=1S/C12H18N2O/c13-11-6-1-2-7-12(11)14-9-4-3-5-10(15)8-9/h1-2,6-7,9-10,14-15H,3-5,8,13H2/t9-,10+/m1/s1. The molecule has 2 rings (SSSR count). The number of benzene rings is 1. The van der Waals surface area contributed by atoms with E-state index in [-0.39, 0.29) is 6.10 Å². The van der Waals surface area contributed by atoms with Crippen LogP contribution in [0, 0.1) is 0 Å². The molecule has 0 saturated heterocycles. The third-order valence-corrected chi connectivity index (χ3v) is 2.97. The van der Waals surface area contributed by atoms with Gasteiger partial charge in [-0.25, -0.2) is 0 Å². The van der Waals surface area contributed by atoms with E-state index in [1.165, 1.54) is 0 Å². The number of aliphatic hydroxyl groups excluding tert-OH is 1. The molecule has 3 heteroatoms. The van der Waals surface area contributed by atoms with Crippen LogP contribution < -0.4 is 11.1 Å². The highest BCUT2D eigenvalue weighted by atomic mass is 16.3. The van der Waals surface area contributed by atoms with Gasteiger partial charge in [-0.05, 0) is 37.8 Å². The Morgan fingerprint density at radius 2 is 2.07 bits per heavy atom. The fourth-order valence-electron chi connectivity index (χ4n) is 2.14. The van der Waals surface area contributed by atoms with E-state index in [1.807, 2.05) is 24.3 Å². The second kappa shape index (κ2) is 4.53. The number of aliphatic hydroxyl groups is 1. The molecule has 15 heavy (non-hydrogen) atoms. The molecule has 0 amide bonds. The first-order valence-electron chi connectivity index (χ1n) is 5.55. The maximum atomic E-state index is 9.56. The molecule has 4 N–H and O–H groups in total. The first-order valence-corrected chi connectivity index (χ1v) is 5.55. The molecule has 0 aliphatic heterocycles. The van der Waals surface area contributed by atoms with Gasteiger partial charge in [0, 0.05) is 6.04 Å². The van der Waals surface area contributed by atoms with E-state index in [4.69, 9.17) is 5.73 Å². The maximum Gasteiger partial charge on any atom is 0.0576 e. The van der Waals surface area contributed by atoms with Gasteiger partial charge >= 0.3 is 0 Å². The summed E-state index contributed by atoms with van der Waals surface area (Å²) >= 11 is 0. The van der Waals surface area contributed by atoms with Crippen molar-refractivity contribution in [2.24, 2.45) is 0 Å². The SMILES string of the molecule is Nc1ccccc1N[C@@H]1CCC[C@H](O)C1. The van der Waals surface area contributed by atoms with E-state index in [2.05, 4.69) is 5.32 Å². The second-order valence-electron chi connectivity index (χ2n) is 4.25. The van der Waals surface area contributed by atoms with Gasteiger partial charge in [-0.15, -0.1) is 0 Å². The fourth-order valence-corrected chi connectivity index (χ4v) is 2.14. The molecule has 1 aromatic rings. The number of para-hydroxylation sites is 2. The topological polar surface area (TPSA) is 58.3 Å². The number of anilines is 2. The predicted molar refractivity (Wildman–Crippen MR) is 62.7 cm³/mol. The van der Waals surface area contributed by atoms with Crippen molar-refractivity contribution in [2.75, 3.05) is 11.1 Å². The van der Waals surface area contributed by atoms with Crippen LogP contribution in [0.1, 0.15) is 25.7 Å². The number of nitrogen functional groups attached to an aromatic ring is 1. The molecule has 1 aliphatic rings. The molecule has 1 aliphatic carbocycles. The Morgan fingerprint density at radius 3 is 2.80 bits per heavy atom. The minimum absolute atomic E-state index is 0.152. The largest absolute Gasteiger partial charge is 0.397 e. The van der Waals surface area contributed by atoms with Crippen LogP contribution in [0.4, 0.5) is 11.4 Å². The Bertz CT molecular complexity index is 327. The quantitative estimate of drug-likeness (QED) is 0.648. The Balaban J connectivity index is 1.99. The lowest BCUT2D eigenvalue weighted by Crippen LogP contribution is -2.30. The van der Waals surface area contributed by atoms with Crippen molar-refractivity contribution >= 4 is 11.4 Å². The van der Waals surface area contributed by atoms with Crippen molar-refractivity contribution in [3.8, 4) is 0 Å². The van der Waals surface area contributed by atoms with Gasteiger partial charge in [0.15, 0.2) is 0 Å². The molecule has 0 radical (unpaired) electrons. The minimum atomic E-state index is -0.152. The zero-order chi connectivity index (χ0) is 10.7. The highest BCUT2D eigenvalue weighted by Crippen LogP contribution is 2.24. The zero-order valence-corrected chi connectivity index (χ0v) is 8.82. The van der Waals surface area contributed by atoms with E-state index < -0.39 is 0 Å². The van der Waals surface area contributed by atoms with Gasteiger partial charge in [0.05, 0.1) is 17.5 Å². The summed E-state index contributed by atoms with van der Waals surface area (Å²) in [5, 5.41) is 13.0. The molecule has 1 aromatic carbocycles. The summed E-state index contributed by atoms with van der Waals surface area (Å²) < 4.78 is 0. The molecule has 1 fully saturated rings. The van der Waals surface area contributed by atoms with Crippen LogP contribution in [-0.4, -0.2) is 17.3 Å². The summed E-state index contributed by atoms with van der Waals surface area (Å²) in [6, 6.07) is 8.13. The number of hydrogen-bond donors (Lipinski definition) is 3. The van der Waals surface area contributed by atoms with Crippen molar-refractivity contribution in [3.05, 3.63) is 24.3 Å². The van der Waals surface area contributed by atoms with Crippen LogP contribution in [0.2, 0.25) is 0 Å². The first-order chi connectivity index (χ1) is 7.25. The van der Waals surface area contributed by atoms with Gasteiger partial charge in [-0.3, -0.25) is 0 Å². The van der Waals surface area contributed by atoms with Crippen LogP contribution in [0.15, 0.2) is 24.3 Å². The minimum Gasteiger partial charge on any atom is -0.397 e. The first kappa shape index (κ1) is 10.3. The van der Waals surface area contributed by atoms with E-state index in [9.17, 15) is 5.11 Å². The predicted octanol–water partition coefficient (Wildman–Crippen LogP) is 1.98. The summed E-state index contributed by atoms with van der Waals surface area (Å²) in [6.45, 7) is 0. The Morgan fingerprint density at radius 1 is 1.27 bits per heavy atom. The maximum absolute atomic E-state index is 9.56. The number of nitrogens with one attached hydrogen (secondary N) is 1. The third kappa shape index (κ3) is 2.63. The monoisotopic (exact) mass is 206 g/mol. The molecular formula is C12H18N2O. The van der Waals surface area contributed by atoms with E-state index >= 15 is 0 Å². The summed E-state index contributed by atoms with van der Waals surface area (Å²) in [5.41, 5.74) is 7.61. The van der Waals surface area contributed by atoms with E-state index in [1.54, 1.807) is 0 Å². The third-order valence-electron chi connectivity index (χ3n) is 2.97. The fraction of sp³-hybridized carbons (Fsp3) is 0.500. The van der Waals surface area contributed by atoms with Crippen LogP contribution in [-0.2, 0) is 0 Å². The van der Waals surface area contributed by atoms with E-state index in [0.29, 0.717) is 6.04 Å². The molecule has 0 aromatic heterocycles. The number of hydrogen-bond acceptors (Lipinski definition) is 3. The highest BCUT2D eigenvalue weighted by molar-refractivity contribution is 5.65. The molecule has 82 valence electrons. The molecular weight excluding hydrogens is 188 g/mol. The summed E-state index contributed by atoms with van der Waals surface area (Å²) in [6.07, 6.45) is 3.81. The summed E-state index contributed by atoms with van der Waals surface area (Å²) in [5.74, 6) is 0. The molecule has 0 unspecified atom stereocenters. The molecule has 2 atom stereocenters. The van der Waals surface area contributed by atoms with Crippen molar-refractivity contribution in [1.29, 1.82) is 0 Å². The van der Waals surface area contributed by atoms with Gasteiger partial charge in [0.1, 0.15) is 0 Å². The van der Waals surface area contributed by atoms with Gasteiger partial charge in [0.25, 0.3) is 0 Å². The van der Waals surface area contributed by atoms with Crippen LogP contribution in [0.5, 0.6) is 0 Å². The Labute approximate surface area is 90.3 Å². The van der Waals surface area contributed by atoms with E-state index in [0.717, 1.165) is 37.1 Å². The van der Waals surface area contributed by atoms with Gasteiger partial charge in [0.2, 0.25) is 0 Å². The molecule has 0 spiro atoms. The summed E-state index contributed by atoms with van der Waals surface area (Å²) in [4.78, 5) is 0. The van der Waals surface area contributed by atoms with Crippen molar-refractivity contribution in [3.63, 3.8) is 0 Å². The molecule has 0 heterocycles. The van der Waals surface area contributed by atoms with Gasteiger partial charge < -0.3 is 16.2 Å². The molecule has 1 saturated carbocycles. The summed E-state index contributed by atoms with van der Waals surface area (Å²) in [7, 11) is 0. The van der Waals surface area contributed by atoms with Gasteiger partial charge in [-0.1, -0.05) is 12.1 Å². The number of rotatable bonds is 2. The number of nitrogens with two attached hydrogens (primary N) is 1. The van der Waals surface area contributed by atoms with Crippen molar-refractivity contribution < 1.29 is 5.11 Å². The highest BCUT2D eigenvalue weighted by Gasteiger charge is 2.20. The Hall–Kier alpha value is -1.22.